The normalized spacial score (nSPS) is 10.6. The van der Waals surface area contributed by atoms with E-state index >= 15 is 0 Å². The molecule has 0 aliphatic carbocycles. The van der Waals surface area contributed by atoms with Gasteiger partial charge in [0.25, 0.3) is 0 Å². The van der Waals surface area contributed by atoms with Crippen LogP contribution in [0.1, 0.15) is 17.3 Å². The highest BCUT2D eigenvalue weighted by Crippen LogP contribution is 2.23. The number of hydrogen-bond acceptors (Lipinski definition) is 5. The van der Waals surface area contributed by atoms with E-state index in [1.54, 1.807) is 25.3 Å². The minimum Gasteiger partial charge on any atom is -0.490 e. The minimum atomic E-state index is -0.0834. The molecule has 0 unspecified atom stereocenters. The highest BCUT2D eigenvalue weighted by molar-refractivity contribution is 6.31. The molecule has 118 valence electrons. The smallest absolute Gasteiger partial charge is 0.163 e. The number of methoxy groups -OCH3 is 1. The van der Waals surface area contributed by atoms with Crippen LogP contribution in [0.3, 0.4) is 0 Å². The Morgan fingerprint density at radius 1 is 1.05 bits per heavy atom. The standard InChI is InChI=1S/C15H21ClO5/c1-12(17)14-11-13(16)3-4-15(14)21-10-9-20-8-7-19-6-5-18-2/h3-4,11H,5-10H2,1-2H3. The Bertz CT molecular complexity index is 436. The van der Waals surface area contributed by atoms with Gasteiger partial charge < -0.3 is 18.9 Å². The highest BCUT2D eigenvalue weighted by Gasteiger charge is 2.09. The van der Waals surface area contributed by atoms with Gasteiger partial charge in [-0.25, -0.2) is 0 Å². The molecule has 0 aliphatic heterocycles. The van der Waals surface area contributed by atoms with Crippen molar-refractivity contribution in [1.29, 1.82) is 0 Å². The Balaban J connectivity index is 2.20. The zero-order valence-corrected chi connectivity index (χ0v) is 13.1. The van der Waals surface area contributed by atoms with E-state index in [-0.39, 0.29) is 5.78 Å². The summed E-state index contributed by atoms with van der Waals surface area (Å²) in [6, 6.07) is 4.98. The molecule has 0 fully saturated rings. The Morgan fingerprint density at radius 3 is 2.29 bits per heavy atom. The summed E-state index contributed by atoms with van der Waals surface area (Å²) in [4.78, 5) is 11.5. The van der Waals surface area contributed by atoms with E-state index in [9.17, 15) is 4.79 Å². The second-order valence-corrected chi connectivity index (χ2v) is 4.70. The molecule has 0 aromatic heterocycles. The minimum absolute atomic E-state index is 0.0834. The average molecular weight is 317 g/mol. The van der Waals surface area contributed by atoms with E-state index in [1.165, 1.54) is 6.92 Å². The Labute approximate surface area is 130 Å². The number of halogens is 1. The Morgan fingerprint density at radius 2 is 1.67 bits per heavy atom. The third-order valence-electron chi connectivity index (χ3n) is 2.61. The predicted octanol–water partition coefficient (Wildman–Crippen LogP) is 2.60. The molecule has 6 heteroatoms. The summed E-state index contributed by atoms with van der Waals surface area (Å²) in [6.07, 6.45) is 0. The summed E-state index contributed by atoms with van der Waals surface area (Å²) in [5.74, 6) is 0.437. The number of Topliss-reactive ketones (excluding diaryl/α,β-unsaturated/α-hetero) is 1. The molecule has 0 atom stereocenters. The largest absolute Gasteiger partial charge is 0.490 e. The summed E-state index contributed by atoms with van der Waals surface area (Å²) in [7, 11) is 1.63. The summed E-state index contributed by atoms with van der Waals surface area (Å²) in [5, 5.41) is 0.511. The van der Waals surface area contributed by atoms with Gasteiger partial charge in [-0.1, -0.05) is 11.6 Å². The monoisotopic (exact) mass is 316 g/mol. The molecule has 0 bridgehead atoms. The van der Waals surface area contributed by atoms with Crippen molar-refractivity contribution in [3.63, 3.8) is 0 Å². The molecule has 0 aliphatic rings. The van der Waals surface area contributed by atoms with Crippen molar-refractivity contribution in [1.82, 2.24) is 0 Å². The first kappa shape index (κ1) is 17.9. The molecule has 0 amide bonds. The molecule has 0 saturated carbocycles. The van der Waals surface area contributed by atoms with Crippen LogP contribution in [-0.4, -0.2) is 52.5 Å². The highest BCUT2D eigenvalue weighted by atomic mass is 35.5. The van der Waals surface area contributed by atoms with Gasteiger partial charge in [-0.15, -0.1) is 0 Å². The van der Waals surface area contributed by atoms with E-state index in [0.717, 1.165) is 0 Å². The van der Waals surface area contributed by atoms with Gasteiger partial charge in [0.15, 0.2) is 5.78 Å². The average Bonchev–Trinajstić information content (AvgIpc) is 2.46. The number of ketones is 1. The van der Waals surface area contributed by atoms with Gasteiger partial charge in [0, 0.05) is 12.1 Å². The number of carbonyl (C=O) groups excluding carboxylic acids is 1. The maximum absolute atomic E-state index is 11.5. The zero-order chi connectivity index (χ0) is 15.5. The van der Waals surface area contributed by atoms with E-state index in [1.807, 2.05) is 0 Å². The number of rotatable bonds is 11. The van der Waals surface area contributed by atoms with Gasteiger partial charge in [-0.05, 0) is 25.1 Å². The van der Waals surface area contributed by atoms with E-state index in [4.69, 9.17) is 30.5 Å². The van der Waals surface area contributed by atoms with Crippen molar-refractivity contribution >= 4 is 17.4 Å². The summed E-state index contributed by atoms with van der Waals surface area (Å²) >= 11 is 5.86. The van der Waals surface area contributed by atoms with Crippen LogP contribution in [0, 0.1) is 0 Å². The predicted molar refractivity (Wildman–Crippen MR) is 80.5 cm³/mol. The fourth-order valence-corrected chi connectivity index (χ4v) is 1.75. The molecular weight excluding hydrogens is 296 g/mol. The third kappa shape index (κ3) is 7.43. The molecule has 0 spiro atoms. The molecule has 0 radical (unpaired) electrons. The van der Waals surface area contributed by atoms with Crippen LogP contribution in [0.2, 0.25) is 5.02 Å². The van der Waals surface area contributed by atoms with Crippen LogP contribution in [0.5, 0.6) is 5.75 Å². The van der Waals surface area contributed by atoms with Gasteiger partial charge in [0.05, 0.1) is 38.6 Å². The van der Waals surface area contributed by atoms with E-state index < -0.39 is 0 Å². The summed E-state index contributed by atoms with van der Waals surface area (Å²) in [6.45, 7) is 4.41. The van der Waals surface area contributed by atoms with E-state index in [0.29, 0.717) is 56.0 Å². The summed E-state index contributed by atoms with van der Waals surface area (Å²) in [5.41, 5.74) is 0.477. The van der Waals surface area contributed by atoms with Crippen molar-refractivity contribution in [2.24, 2.45) is 0 Å². The maximum atomic E-state index is 11.5. The van der Waals surface area contributed by atoms with Gasteiger partial charge in [-0.2, -0.15) is 0 Å². The first-order chi connectivity index (χ1) is 10.1. The number of hydrogen-bond donors (Lipinski definition) is 0. The fraction of sp³-hybridized carbons (Fsp3) is 0.533. The molecule has 1 aromatic rings. The molecule has 1 rings (SSSR count). The third-order valence-corrected chi connectivity index (χ3v) is 2.85. The molecule has 0 saturated heterocycles. The first-order valence-corrected chi connectivity index (χ1v) is 7.10. The maximum Gasteiger partial charge on any atom is 0.163 e. The number of carbonyl (C=O) groups is 1. The van der Waals surface area contributed by atoms with Crippen LogP contribution >= 0.6 is 11.6 Å². The van der Waals surface area contributed by atoms with Crippen molar-refractivity contribution in [2.75, 3.05) is 46.8 Å². The SMILES string of the molecule is COCCOCCOCCOc1ccc(Cl)cc1C(C)=O. The molecular formula is C15H21ClO5. The fourth-order valence-electron chi connectivity index (χ4n) is 1.58. The molecule has 0 heterocycles. The lowest BCUT2D eigenvalue weighted by Gasteiger charge is -2.10. The lowest BCUT2D eigenvalue weighted by molar-refractivity contribution is 0.0179. The molecule has 21 heavy (non-hydrogen) atoms. The second kappa shape index (κ2) is 10.6. The van der Waals surface area contributed by atoms with Crippen molar-refractivity contribution in [3.05, 3.63) is 28.8 Å². The van der Waals surface area contributed by atoms with Crippen LogP contribution in [0.25, 0.3) is 0 Å². The van der Waals surface area contributed by atoms with E-state index in [2.05, 4.69) is 0 Å². The van der Waals surface area contributed by atoms with Gasteiger partial charge in [-0.3, -0.25) is 4.79 Å². The van der Waals surface area contributed by atoms with Gasteiger partial charge in [0.1, 0.15) is 12.4 Å². The van der Waals surface area contributed by atoms with Crippen molar-refractivity contribution in [2.45, 2.75) is 6.92 Å². The Kier molecular flexibility index (Phi) is 9.01. The van der Waals surface area contributed by atoms with Crippen LogP contribution in [0.4, 0.5) is 0 Å². The first-order valence-electron chi connectivity index (χ1n) is 6.73. The van der Waals surface area contributed by atoms with Gasteiger partial charge >= 0.3 is 0 Å². The van der Waals surface area contributed by atoms with Gasteiger partial charge in [0.2, 0.25) is 0 Å². The van der Waals surface area contributed by atoms with Crippen molar-refractivity contribution < 1.29 is 23.7 Å². The quantitative estimate of drug-likeness (QED) is 0.464. The lowest BCUT2D eigenvalue weighted by atomic mass is 10.1. The molecule has 0 N–H and O–H groups in total. The van der Waals surface area contributed by atoms with Crippen LogP contribution < -0.4 is 4.74 Å². The molecule has 5 nitrogen and oxygen atoms in total. The molecule has 1 aromatic carbocycles. The number of benzene rings is 1. The van der Waals surface area contributed by atoms with Crippen LogP contribution in [0.15, 0.2) is 18.2 Å². The Hall–Kier alpha value is -1.14. The number of ether oxygens (including phenoxy) is 4. The van der Waals surface area contributed by atoms with Crippen molar-refractivity contribution in [3.8, 4) is 5.75 Å². The lowest BCUT2D eigenvalue weighted by Crippen LogP contribution is -2.13. The summed E-state index contributed by atoms with van der Waals surface area (Å²) < 4.78 is 21.0. The second-order valence-electron chi connectivity index (χ2n) is 4.26. The zero-order valence-electron chi connectivity index (χ0n) is 12.4. The topological polar surface area (TPSA) is 54.0 Å². The van der Waals surface area contributed by atoms with Crippen LogP contribution in [-0.2, 0) is 14.2 Å².